The molecule has 198 valence electrons. The molecule has 5 rings (SSSR count). The first-order valence-electron chi connectivity index (χ1n) is 12.7. The van der Waals surface area contributed by atoms with Crippen LogP contribution in [0.2, 0.25) is 0 Å². The minimum atomic E-state index is -3.89. The first-order valence-corrected chi connectivity index (χ1v) is 14.3. The molecule has 0 spiro atoms. The first-order chi connectivity index (χ1) is 17.9. The van der Waals surface area contributed by atoms with E-state index in [1.165, 1.54) is 7.11 Å². The highest BCUT2D eigenvalue weighted by molar-refractivity contribution is 7.90. The maximum atomic E-state index is 13.1. The molecular weight excluding hydrogens is 496 g/mol. The number of methoxy groups -OCH3 is 1. The number of ether oxygens (including phenoxy) is 3. The van der Waals surface area contributed by atoms with E-state index >= 15 is 0 Å². The van der Waals surface area contributed by atoms with Crippen molar-refractivity contribution in [1.29, 1.82) is 0 Å². The van der Waals surface area contributed by atoms with Gasteiger partial charge < -0.3 is 14.2 Å². The van der Waals surface area contributed by atoms with Gasteiger partial charge in [-0.3, -0.25) is 4.79 Å². The average molecular weight is 529 g/mol. The number of sulfonamides is 1. The summed E-state index contributed by atoms with van der Waals surface area (Å²) < 4.78 is 45.3. The Morgan fingerprint density at radius 1 is 1.16 bits per heavy atom. The molecule has 1 N–H and O–H groups in total. The zero-order chi connectivity index (χ0) is 25.8. The summed E-state index contributed by atoms with van der Waals surface area (Å²) >= 11 is 0. The van der Waals surface area contributed by atoms with Gasteiger partial charge in [-0.05, 0) is 43.7 Å². The lowest BCUT2D eigenvalue weighted by molar-refractivity contribution is 0.0499. The molecule has 2 aromatic heterocycles. The molecule has 11 heteroatoms. The number of aromatic nitrogens is 3. The normalized spacial score (nSPS) is 17.0. The average Bonchev–Trinajstić information content (AvgIpc) is 3.25. The van der Waals surface area contributed by atoms with Crippen molar-refractivity contribution in [3.63, 3.8) is 0 Å². The molecule has 2 aliphatic rings. The van der Waals surface area contributed by atoms with E-state index < -0.39 is 15.9 Å². The third-order valence-corrected chi connectivity index (χ3v) is 8.17. The molecular formula is C26H32N4O6S. The van der Waals surface area contributed by atoms with E-state index in [0.29, 0.717) is 37.1 Å². The van der Waals surface area contributed by atoms with Gasteiger partial charge >= 0.3 is 0 Å². The Kier molecular flexibility index (Phi) is 7.73. The summed E-state index contributed by atoms with van der Waals surface area (Å²) in [4.78, 5) is 17.7. The van der Waals surface area contributed by atoms with Crippen molar-refractivity contribution in [2.75, 3.05) is 39.3 Å². The van der Waals surface area contributed by atoms with Crippen molar-refractivity contribution in [2.24, 2.45) is 5.92 Å². The smallest absolute Gasteiger partial charge is 0.283 e. The van der Waals surface area contributed by atoms with E-state index in [1.807, 2.05) is 30.3 Å². The number of hydrogen-bond acceptors (Lipinski definition) is 8. The second-order valence-electron chi connectivity index (χ2n) is 9.57. The van der Waals surface area contributed by atoms with Crippen LogP contribution in [0.25, 0.3) is 16.7 Å². The van der Waals surface area contributed by atoms with E-state index in [2.05, 4.69) is 9.71 Å². The van der Waals surface area contributed by atoms with Crippen LogP contribution in [-0.2, 0) is 19.5 Å². The summed E-state index contributed by atoms with van der Waals surface area (Å²) in [5.74, 6) is -0.0352. The van der Waals surface area contributed by atoms with Crippen molar-refractivity contribution < 1.29 is 27.4 Å². The summed E-state index contributed by atoms with van der Waals surface area (Å²) in [5.41, 5.74) is 2.12. The van der Waals surface area contributed by atoms with Gasteiger partial charge in [-0.25, -0.2) is 22.8 Å². The maximum absolute atomic E-state index is 13.1. The van der Waals surface area contributed by atoms with Crippen LogP contribution in [0.4, 0.5) is 0 Å². The van der Waals surface area contributed by atoms with Crippen molar-refractivity contribution in [1.82, 2.24) is 19.5 Å². The monoisotopic (exact) mass is 528 g/mol. The predicted octanol–water partition coefficient (Wildman–Crippen LogP) is 3.20. The number of fused-ring (bicyclic) bond motifs is 1. The van der Waals surface area contributed by atoms with Crippen LogP contribution in [0.5, 0.6) is 5.75 Å². The van der Waals surface area contributed by atoms with Gasteiger partial charge in [0.05, 0.1) is 35.7 Å². The van der Waals surface area contributed by atoms with Crippen LogP contribution >= 0.6 is 0 Å². The number of benzene rings is 1. The fourth-order valence-corrected chi connectivity index (χ4v) is 5.49. The number of hydrogen-bond donors (Lipinski definition) is 1. The molecule has 3 heterocycles. The van der Waals surface area contributed by atoms with Gasteiger partial charge in [-0.2, -0.15) is 5.10 Å². The van der Waals surface area contributed by atoms with Gasteiger partial charge in [0.1, 0.15) is 11.4 Å². The molecule has 0 radical (unpaired) electrons. The van der Waals surface area contributed by atoms with Crippen LogP contribution in [0.3, 0.4) is 0 Å². The number of nitrogens with one attached hydrogen (secondary N) is 1. The number of carbonyl (C=O) groups is 1. The Morgan fingerprint density at radius 2 is 1.92 bits per heavy atom. The van der Waals surface area contributed by atoms with Gasteiger partial charge in [-0.1, -0.05) is 24.6 Å². The number of carbonyl (C=O) groups excluding carboxylic acids is 1. The standard InChI is InChI=1S/C26H32N4O6S/c1-34-14-15-37(32,33)29-26(31)21-16-22(36-17-18-10-12-35-13-11-18)23-24(19-6-5-7-19)28-30(25(23)27-21)20-8-3-2-4-9-20/h2-4,8-9,16,18-19H,5-7,10-15,17H2,1H3,(H,29,31). The van der Waals surface area contributed by atoms with E-state index in [4.69, 9.17) is 19.3 Å². The van der Waals surface area contributed by atoms with Crippen LogP contribution in [0, 0.1) is 5.92 Å². The zero-order valence-electron chi connectivity index (χ0n) is 20.9. The fraction of sp³-hybridized carbons (Fsp3) is 0.500. The van der Waals surface area contributed by atoms with E-state index in [0.717, 1.165) is 48.9 Å². The summed E-state index contributed by atoms with van der Waals surface area (Å²) in [5, 5.41) is 5.72. The summed E-state index contributed by atoms with van der Waals surface area (Å²) in [6, 6.07) is 11.1. The van der Waals surface area contributed by atoms with Crippen molar-refractivity contribution in [3.8, 4) is 11.4 Å². The van der Waals surface area contributed by atoms with E-state index in [-0.39, 0.29) is 24.0 Å². The molecule has 37 heavy (non-hydrogen) atoms. The van der Waals surface area contributed by atoms with E-state index in [1.54, 1.807) is 10.7 Å². The Hall–Kier alpha value is -3.02. The molecule has 1 amide bonds. The second kappa shape index (κ2) is 11.2. The molecule has 10 nitrogen and oxygen atoms in total. The van der Waals surface area contributed by atoms with Gasteiger partial charge in [-0.15, -0.1) is 0 Å². The number of nitrogens with zero attached hydrogens (tertiary/aromatic N) is 3. The quantitative estimate of drug-likeness (QED) is 0.426. The molecule has 2 fully saturated rings. The largest absolute Gasteiger partial charge is 0.492 e. The van der Waals surface area contributed by atoms with Crippen LogP contribution in [0.1, 0.15) is 54.2 Å². The summed E-state index contributed by atoms with van der Waals surface area (Å²) in [6.07, 6.45) is 4.99. The topological polar surface area (TPSA) is 122 Å². The predicted molar refractivity (Wildman–Crippen MR) is 138 cm³/mol. The molecule has 1 aliphatic heterocycles. The number of rotatable bonds is 10. The number of amides is 1. The van der Waals surface area contributed by atoms with Crippen LogP contribution in [0.15, 0.2) is 36.4 Å². The third kappa shape index (κ3) is 5.78. The lowest BCUT2D eigenvalue weighted by Crippen LogP contribution is -2.34. The molecule has 1 saturated carbocycles. The van der Waals surface area contributed by atoms with Crippen LogP contribution in [-0.4, -0.2) is 68.4 Å². The van der Waals surface area contributed by atoms with E-state index in [9.17, 15) is 13.2 Å². The molecule has 0 unspecified atom stereocenters. The number of pyridine rings is 1. The lowest BCUT2D eigenvalue weighted by atomic mass is 9.82. The van der Waals surface area contributed by atoms with Gasteiger partial charge in [0.15, 0.2) is 5.65 Å². The highest BCUT2D eigenvalue weighted by Gasteiger charge is 2.30. The Labute approximate surface area is 216 Å². The van der Waals surface area contributed by atoms with Crippen molar-refractivity contribution in [2.45, 2.75) is 38.0 Å². The summed E-state index contributed by atoms with van der Waals surface area (Å²) in [7, 11) is -2.49. The lowest BCUT2D eigenvalue weighted by Gasteiger charge is -2.25. The molecule has 0 atom stereocenters. The second-order valence-corrected chi connectivity index (χ2v) is 11.4. The summed E-state index contributed by atoms with van der Waals surface area (Å²) in [6.45, 7) is 1.84. The highest BCUT2D eigenvalue weighted by Crippen LogP contribution is 2.42. The van der Waals surface area contributed by atoms with Crippen LogP contribution < -0.4 is 9.46 Å². The third-order valence-electron chi connectivity index (χ3n) is 6.97. The Balaban J connectivity index is 1.58. The van der Waals surface area contributed by atoms with Gasteiger partial charge in [0.2, 0.25) is 10.0 Å². The fourth-order valence-electron chi connectivity index (χ4n) is 4.61. The molecule has 3 aromatic rings. The van der Waals surface area contributed by atoms with Gasteiger partial charge in [0.25, 0.3) is 5.91 Å². The highest BCUT2D eigenvalue weighted by atomic mass is 32.2. The van der Waals surface area contributed by atoms with Crippen molar-refractivity contribution in [3.05, 3.63) is 47.8 Å². The zero-order valence-corrected chi connectivity index (χ0v) is 21.7. The Morgan fingerprint density at radius 3 is 2.59 bits per heavy atom. The first kappa shape index (κ1) is 25.6. The minimum absolute atomic E-state index is 0.0277. The molecule has 1 saturated heterocycles. The maximum Gasteiger partial charge on any atom is 0.283 e. The molecule has 1 aliphatic carbocycles. The minimum Gasteiger partial charge on any atom is -0.492 e. The Bertz CT molecular complexity index is 1350. The number of para-hydroxylation sites is 1. The van der Waals surface area contributed by atoms with Gasteiger partial charge in [0, 0.05) is 32.3 Å². The molecule has 1 aromatic carbocycles. The SMILES string of the molecule is COCCS(=O)(=O)NC(=O)c1cc(OCC2CCOCC2)c2c(C3CCC3)nn(-c3ccccc3)c2n1. The van der Waals surface area contributed by atoms with Crippen molar-refractivity contribution >= 4 is 27.0 Å². The molecule has 0 bridgehead atoms.